The van der Waals surface area contributed by atoms with Crippen LogP contribution in [0.25, 0.3) is 0 Å². The van der Waals surface area contributed by atoms with E-state index in [9.17, 15) is 4.79 Å². The van der Waals surface area contributed by atoms with Gasteiger partial charge in [-0.2, -0.15) is 0 Å². The molecule has 0 fully saturated rings. The summed E-state index contributed by atoms with van der Waals surface area (Å²) in [5.41, 5.74) is 0.643. The van der Waals surface area contributed by atoms with Crippen LogP contribution in [-0.4, -0.2) is 18.6 Å². The molecule has 0 aliphatic heterocycles. The number of benzene rings is 2. The van der Waals surface area contributed by atoms with Crippen LogP contribution in [0.4, 0.5) is 0 Å². The Bertz CT molecular complexity index is 584. The third-order valence-electron chi connectivity index (χ3n) is 2.60. The Kier molecular flexibility index (Phi) is 5.05. The van der Waals surface area contributed by atoms with Crippen LogP contribution in [-0.2, 0) is 0 Å². The van der Waals surface area contributed by atoms with E-state index in [1.807, 2.05) is 48.7 Å². The van der Waals surface area contributed by atoms with Gasteiger partial charge in [-0.05, 0) is 24.5 Å². The van der Waals surface area contributed by atoms with Crippen LogP contribution in [0.5, 0.6) is 5.75 Å². The Hall–Kier alpha value is -1.26. The molecule has 0 aromatic heterocycles. The molecular formula is C15H13BrO2S. The van der Waals surface area contributed by atoms with E-state index in [1.54, 1.807) is 17.8 Å². The van der Waals surface area contributed by atoms with Gasteiger partial charge < -0.3 is 4.74 Å². The molecule has 2 aromatic rings. The maximum atomic E-state index is 12.1. The first-order valence-electron chi connectivity index (χ1n) is 5.76. The second-order valence-electron chi connectivity index (χ2n) is 3.84. The lowest BCUT2D eigenvalue weighted by Gasteiger charge is -2.09. The molecule has 0 amide bonds. The minimum absolute atomic E-state index is 0.0385. The molecule has 0 radical (unpaired) electrons. The van der Waals surface area contributed by atoms with Gasteiger partial charge in [0.15, 0.2) is 6.61 Å². The molecule has 0 heterocycles. The second-order valence-corrected chi connectivity index (χ2v) is 5.54. The normalized spacial score (nSPS) is 10.2. The lowest BCUT2D eigenvalue weighted by Crippen LogP contribution is -2.12. The van der Waals surface area contributed by atoms with Crippen molar-refractivity contribution < 1.29 is 9.53 Å². The van der Waals surface area contributed by atoms with Crippen molar-refractivity contribution in [1.29, 1.82) is 0 Å². The van der Waals surface area contributed by atoms with E-state index < -0.39 is 0 Å². The molecule has 2 aromatic carbocycles. The van der Waals surface area contributed by atoms with E-state index in [0.717, 1.165) is 15.1 Å². The van der Waals surface area contributed by atoms with E-state index in [-0.39, 0.29) is 12.4 Å². The predicted molar refractivity (Wildman–Crippen MR) is 82.2 cm³/mol. The highest BCUT2D eigenvalue weighted by Gasteiger charge is 2.11. The monoisotopic (exact) mass is 336 g/mol. The average molecular weight is 337 g/mol. The largest absolute Gasteiger partial charge is 0.484 e. The van der Waals surface area contributed by atoms with Crippen LogP contribution in [0, 0.1) is 0 Å². The number of Topliss-reactive ketones (excluding diaryl/α,β-unsaturated/α-hetero) is 1. The topological polar surface area (TPSA) is 26.3 Å². The van der Waals surface area contributed by atoms with E-state index in [1.165, 1.54) is 0 Å². The minimum atomic E-state index is -0.0385. The fraction of sp³-hybridized carbons (Fsp3) is 0.133. The van der Waals surface area contributed by atoms with Crippen LogP contribution >= 0.6 is 27.7 Å². The number of ketones is 1. The number of hydrogen-bond donors (Lipinski definition) is 0. The highest BCUT2D eigenvalue weighted by Crippen LogP contribution is 2.27. The van der Waals surface area contributed by atoms with Crippen molar-refractivity contribution in [2.75, 3.05) is 12.9 Å². The summed E-state index contributed by atoms with van der Waals surface area (Å²) in [5.74, 6) is 0.707. The lowest BCUT2D eigenvalue weighted by atomic mass is 10.1. The van der Waals surface area contributed by atoms with Crippen LogP contribution in [0.1, 0.15) is 10.4 Å². The molecule has 19 heavy (non-hydrogen) atoms. The summed E-state index contributed by atoms with van der Waals surface area (Å²) in [6, 6.07) is 15.1. The van der Waals surface area contributed by atoms with E-state index in [4.69, 9.17) is 4.74 Å². The molecule has 0 aliphatic carbocycles. The first kappa shape index (κ1) is 14.2. The zero-order chi connectivity index (χ0) is 13.7. The smallest absolute Gasteiger partial charge is 0.201 e. The predicted octanol–water partition coefficient (Wildman–Crippen LogP) is 4.43. The van der Waals surface area contributed by atoms with Gasteiger partial charge >= 0.3 is 0 Å². The molecule has 0 spiro atoms. The molecule has 98 valence electrons. The van der Waals surface area contributed by atoms with Crippen LogP contribution in [0.15, 0.2) is 57.9 Å². The van der Waals surface area contributed by atoms with Crippen molar-refractivity contribution in [2.24, 2.45) is 0 Å². The number of carbonyl (C=O) groups is 1. The number of carbonyl (C=O) groups excluding carboxylic acids is 1. The summed E-state index contributed by atoms with van der Waals surface area (Å²) in [6.45, 7) is 0.0419. The summed E-state index contributed by atoms with van der Waals surface area (Å²) in [6.07, 6.45) is 1.98. The maximum Gasteiger partial charge on any atom is 0.201 e. The van der Waals surface area contributed by atoms with Crippen molar-refractivity contribution in [3.05, 3.63) is 58.6 Å². The number of thioether (sulfide) groups is 1. The molecule has 0 bridgehead atoms. The van der Waals surface area contributed by atoms with Gasteiger partial charge in [-0.15, -0.1) is 11.8 Å². The van der Waals surface area contributed by atoms with Gasteiger partial charge in [0.05, 0.1) is 0 Å². The Labute approximate surface area is 125 Å². The number of hydrogen-bond acceptors (Lipinski definition) is 3. The molecule has 0 saturated heterocycles. The molecular weight excluding hydrogens is 324 g/mol. The fourth-order valence-corrected chi connectivity index (χ4v) is 2.70. The summed E-state index contributed by atoms with van der Waals surface area (Å²) < 4.78 is 6.40. The van der Waals surface area contributed by atoms with Gasteiger partial charge in [-0.3, -0.25) is 4.79 Å². The van der Waals surface area contributed by atoms with E-state index >= 15 is 0 Å². The van der Waals surface area contributed by atoms with Crippen LogP contribution < -0.4 is 4.74 Å². The minimum Gasteiger partial charge on any atom is -0.484 e. The molecule has 2 nitrogen and oxygen atoms in total. The number of rotatable bonds is 5. The Balaban J connectivity index is 2.07. The highest BCUT2D eigenvalue weighted by atomic mass is 79.9. The van der Waals surface area contributed by atoms with Gasteiger partial charge in [0.1, 0.15) is 5.75 Å². The van der Waals surface area contributed by atoms with Gasteiger partial charge in [-0.25, -0.2) is 0 Å². The number of halogens is 1. The van der Waals surface area contributed by atoms with Crippen molar-refractivity contribution in [1.82, 2.24) is 0 Å². The Morgan fingerprint density at radius 2 is 1.84 bits per heavy atom. The SMILES string of the molecule is CSc1ccccc1OCC(=O)c1ccccc1Br. The highest BCUT2D eigenvalue weighted by molar-refractivity contribution is 9.10. The standard InChI is InChI=1S/C15H13BrO2S/c1-19-15-9-5-4-8-14(15)18-10-13(17)11-6-2-3-7-12(11)16/h2-9H,10H2,1H3. The first-order chi connectivity index (χ1) is 9.22. The zero-order valence-corrected chi connectivity index (χ0v) is 12.8. The third-order valence-corrected chi connectivity index (χ3v) is 4.07. The Morgan fingerprint density at radius 3 is 2.58 bits per heavy atom. The summed E-state index contributed by atoms with van der Waals surface area (Å²) in [7, 11) is 0. The lowest BCUT2D eigenvalue weighted by molar-refractivity contribution is 0.0919. The molecule has 0 unspecified atom stereocenters. The van der Waals surface area contributed by atoms with Crippen LogP contribution in [0.2, 0.25) is 0 Å². The van der Waals surface area contributed by atoms with Crippen molar-refractivity contribution in [3.8, 4) is 5.75 Å². The molecule has 0 saturated carbocycles. The van der Waals surface area contributed by atoms with E-state index in [0.29, 0.717) is 5.56 Å². The molecule has 0 aliphatic rings. The van der Waals surface area contributed by atoms with Crippen molar-refractivity contribution in [3.63, 3.8) is 0 Å². The van der Waals surface area contributed by atoms with Crippen LogP contribution in [0.3, 0.4) is 0 Å². The fourth-order valence-electron chi connectivity index (χ4n) is 1.65. The maximum absolute atomic E-state index is 12.1. The summed E-state index contributed by atoms with van der Waals surface area (Å²) in [4.78, 5) is 13.1. The zero-order valence-electron chi connectivity index (χ0n) is 10.4. The number of para-hydroxylation sites is 1. The molecule has 0 atom stereocenters. The van der Waals surface area contributed by atoms with Crippen molar-refractivity contribution >= 4 is 33.5 Å². The Morgan fingerprint density at radius 1 is 1.16 bits per heavy atom. The van der Waals surface area contributed by atoms with Gasteiger partial charge in [0, 0.05) is 14.9 Å². The second kappa shape index (κ2) is 6.78. The molecule has 2 rings (SSSR count). The van der Waals surface area contributed by atoms with E-state index in [2.05, 4.69) is 15.9 Å². The molecule has 0 N–H and O–H groups in total. The number of ether oxygens (including phenoxy) is 1. The quantitative estimate of drug-likeness (QED) is 0.596. The molecule has 4 heteroatoms. The third kappa shape index (κ3) is 3.61. The summed E-state index contributed by atoms with van der Waals surface area (Å²) >= 11 is 4.97. The van der Waals surface area contributed by atoms with Crippen molar-refractivity contribution in [2.45, 2.75) is 4.90 Å². The van der Waals surface area contributed by atoms with Gasteiger partial charge in [0.25, 0.3) is 0 Å². The average Bonchev–Trinajstić information content (AvgIpc) is 2.45. The summed E-state index contributed by atoms with van der Waals surface area (Å²) in [5, 5.41) is 0. The van der Waals surface area contributed by atoms with Gasteiger partial charge in [0.2, 0.25) is 5.78 Å². The first-order valence-corrected chi connectivity index (χ1v) is 7.77. The van der Waals surface area contributed by atoms with Gasteiger partial charge in [-0.1, -0.05) is 46.3 Å².